The van der Waals surface area contributed by atoms with Crippen molar-refractivity contribution in [2.75, 3.05) is 0 Å². The van der Waals surface area contributed by atoms with E-state index in [9.17, 15) is 10.2 Å². The summed E-state index contributed by atoms with van der Waals surface area (Å²) in [6, 6.07) is -0.737. The highest BCUT2D eigenvalue weighted by Crippen LogP contribution is 2.27. The zero-order valence-corrected chi connectivity index (χ0v) is 11.3. The van der Waals surface area contributed by atoms with Crippen LogP contribution < -0.4 is 5.73 Å². The second-order valence-corrected chi connectivity index (χ2v) is 6.00. The Bertz CT molecular complexity index is 251. The lowest BCUT2D eigenvalue weighted by molar-refractivity contribution is -0.291. The van der Waals surface area contributed by atoms with Gasteiger partial charge in [0.25, 0.3) is 0 Å². The van der Waals surface area contributed by atoms with Crippen molar-refractivity contribution in [2.45, 2.75) is 70.9 Å². The summed E-state index contributed by atoms with van der Waals surface area (Å²) in [5.41, 5.74) is 5.41. The van der Waals surface area contributed by atoms with Gasteiger partial charge in [-0.3, -0.25) is 0 Å². The summed E-state index contributed by atoms with van der Waals surface area (Å²) < 4.78 is 11.3. The second kappa shape index (κ2) is 5.20. The van der Waals surface area contributed by atoms with Crippen molar-refractivity contribution < 1.29 is 19.7 Å². The molecule has 4 N–H and O–H groups in total. The summed E-state index contributed by atoms with van der Waals surface area (Å²) in [5, 5.41) is 19.8. The van der Waals surface area contributed by atoms with Gasteiger partial charge in [-0.05, 0) is 26.7 Å². The van der Waals surface area contributed by atoms with Crippen LogP contribution in [0.5, 0.6) is 0 Å². The molecular weight excluding hydrogens is 222 g/mol. The highest BCUT2D eigenvalue weighted by Gasteiger charge is 2.45. The van der Waals surface area contributed by atoms with Crippen LogP contribution in [-0.4, -0.2) is 46.5 Å². The lowest BCUT2D eigenvalue weighted by Gasteiger charge is -2.44. The third-order valence-corrected chi connectivity index (χ3v) is 2.81. The van der Waals surface area contributed by atoms with E-state index in [0.717, 1.165) is 0 Å². The van der Waals surface area contributed by atoms with Crippen molar-refractivity contribution in [1.29, 1.82) is 0 Å². The molecule has 0 radical (unpaired) electrons. The first kappa shape index (κ1) is 14.9. The molecule has 0 aromatic rings. The molecule has 1 rings (SSSR count). The molecule has 1 heterocycles. The Kier molecular flexibility index (Phi) is 4.54. The first-order valence-electron chi connectivity index (χ1n) is 6.08. The maximum absolute atomic E-state index is 9.90. The Hall–Kier alpha value is -0.200. The van der Waals surface area contributed by atoms with Crippen molar-refractivity contribution in [1.82, 2.24) is 0 Å². The monoisotopic (exact) mass is 247 g/mol. The van der Waals surface area contributed by atoms with E-state index in [0.29, 0.717) is 0 Å². The summed E-state index contributed by atoms with van der Waals surface area (Å²) in [5.74, 6) is 0.0817. The van der Waals surface area contributed by atoms with E-state index in [1.54, 1.807) is 0 Å². The van der Waals surface area contributed by atoms with Crippen molar-refractivity contribution in [2.24, 2.45) is 11.7 Å². The smallest absolute Gasteiger partial charge is 0.176 e. The average molecular weight is 247 g/mol. The Balaban J connectivity index is 2.78. The normalized spacial score (nSPS) is 39.7. The van der Waals surface area contributed by atoms with Crippen molar-refractivity contribution in [3.63, 3.8) is 0 Å². The number of aliphatic hydroxyl groups is 2. The van der Waals surface area contributed by atoms with Gasteiger partial charge < -0.3 is 25.4 Å². The van der Waals surface area contributed by atoms with Crippen LogP contribution in [0.2, 0.25) is 0 Å². The summed E-state index contributed by atoms with van der Waals surface area (Å²) in [7, 11) is 0. The van der Waals surface area contributed by atoms with Crippen molar-refractivity contribution in [3.8, 4) is 0 Å². The summed E-state index contributed by atoms with van der Waals surface area (Å²) in [6.07, 6.45) is -3.15. The molecular formula is C12H25NO4. The van der Waals surface area contributed by atoms with E-state index in [1.807, 2.05) is 34.6 Å². The number of hydrogen-bond acceptors (Lipinski definition) is 5. The molecule has 1 fully saturated rings. The SMILES string of the molecule is CC(C)C1O[C@H](OC(C)(C)C)C(N)[C@@H](O)[C@@H]1O. The molecule has 102 valence electrons. The van der Waals surface area contributed by atoms with Crippen LogP contribution in [0.3, 0.4) is 0 Å². The Morgan fingerprint density at radius 2 is 1.71 bits per heavy atom. The van der Waals surface area contributed by atoms with Crippen molar-refractivity contribution >= 4 is 0 Å². The van der Waals surface area contributed by atoms with E-state index in [2.05, 4.69) is 0 Å². The van der Waals surface area contributed by atoms with Crippen LogP contribution in [0.15, 0.2) is 0 Å². The zero-order valence-electron chi connectivity index (χ0n) is 11.3. The van der Waals surface area contributed by atoms with Gasteiger partial charge in [0.1, 0.15) is 12.2 Å². The highest BCUT2D eigenvalue weighted by atomic mass is 16.7. The number of ether oxygens (including phenoxy) is 2. The lowest BCUT2D eigenvalue weighted by atomic mass is 9.91. The van der Waals surface area contributed by atoms with Crippen LogP contribution in [0.4, 0.5) is 0 Å². The van der Waals surface area contributed by atoms with Gasteiger partial charge in [-0.2, -0.15) is 0 Å². The minimum Gasteiger partial charge on any atom is -0.388 e. The molecule has 0 bridgehead atoms. The molecule has 0 aliphatic carbocycles. The van der Waals surface area contributed by atoms with Gasteiger partial charge in [-0.25, -0.2) is 0 Å². The zero-order chi connectivity index (χ0) is 13.4. The van der Waals surface area contributed by atoms with Gasteiger partial charge in [0.2, 0.25) is 0 Å². The number of rotatable bonds is 2. The molecule has 1 saturated heterocycles. The fourth-order valence-corrected chi connectivity index (χ4v) is 1.92. The van der Waals surface area contributed by atoms with Gasteiger partial charge in [0.15, 0.2) is 6.29 Å². The van der Waals surface area contributed by atoms with E-state index < -0.39 is 36.2 Å². The summed E-state index contributed by atoms with van der Waals surface area (Å²) in [6.45, 7) is 9.53. The largest absolute Gasteiger partial charge is 0.388 e. The molecule has 0 amide bonds. The molecule has 0 spiro atoms. The Labute approximate surface area is 103 Å². The molecule has 1 aliphatic heterocycles. The third-order valence-electron chi connectivity index (χ3n) is 2.81. The Morgan fingerprint density at radius 3 is 2.12 bits per heavy atom. The fourth-order valence-electron chi connectivity index (χ4n) is 1.92. The van der Waals surface area contributed by atoms with Gasteiger partial charge >= 0.3 is 0 Å². The molecule has 5 atom stereocenters. The van der Waals surface area contributed by atoms with Gasteiger partial charge in [0.05, 0.1) is 17.7 Å². The third kappa shape index (κ3) is 3.63. The van der Waals surface area contributed by atoms with Crippen LogP contribution in [0.1, 0.15) is 34.6 Å². The maximum Gasteiger partial charge on any atom is 0.176 e. The van der Waals surface area contributed by atoms with E-state index in [4.69, 9.17) is 15.2 Å². The molecule has 1 aliphatic rings. The van der Waals surface area contributed by atoms with Crippen LogP contribution >= 0.6 is 0 Å². The van der Waals surface area contributed by atoms with E-state index in [-0.39, 0.29) is 5.92 Å². The van der Waals surface area contributed by atoms with E-state index in [1.165, 1.54) is 0 Å². The van der Waals surface area contributed by atoms with Crippen LogP contribution in [0.25, 0.3) is 0 Å². The van der Waals surface area contributed by atoms with E-state index >= 15 is 0 Å². The van der Waals surface area contributed by atoms with Gasteiger partial charge in [-0.1, -0.05) is 13.8 Å². The standard InChI is InChI=1S/C12H25NO4/c1-6(2)10-9(15)8(14)7(13)11(16-10)17-12(3,4)5/h6-11,14-15H,13H2,1-5H3/t7?,8-,9+,10?,11-/m1/s1. The van der Waals surface area contributed by atoms with Crippen LogP contribution in [0, 0.1) is 5.92 Å². The maximum atomic E-state index is 9.90. The quantitative estimate of drug-likeness (QED) is 0.650. The number of hydrogen-bond donors (Lipinski definition) is 3. The second-order valence-electron chi connectivity index (χ2n) is 6.00. The minimum absolute atomic E-state index is 0.0817. The molecule has 5 heteroatoms. The molecule has 0 aromatic carbocycles. The van der Waals surface area contributed by atoms with Crippen LogP contribution in [-0.2, 0) is 9.47 Å². The topological polar surface area (TPSA) is 84.9 Å². The molecule has 17 heavy (non-hydrogen) atoms. The molecule has 2 unspecified atom stereocenters. The average Bonchev–Trinajstić information content (AvgIpc) is 2.16. The summed E-state index contributed by atoms with van der Waals surface area (Å²) in [4.78, 5) is 0. The first-order chi connectivity index (χ1) is 7.63. The van der Waals surface area contributed by atoms with Gasteiger partial charge in [0, 0.05) is 0 Å². The van der Waals surface area contributed by atoms with Crippen molar-refractivity contribution in [3.05, 3.63) is 0 Å². The lowest BCUT2D eigenvalue weighted by Crippen LogP contribution is -2.63. The Morgan fingerprint density at radius 1 is 1.18 bits per heavy atom. The number of aliphatic hydroxyl groups excluding tert-OH is 2. The fraction of sp³-hybridized carbons (Fsp3) is 1.00. The van der Waals surface area contributed by atoms with Gasteiger partial charge in [-0.15, -0.1) is 0 Å². The molecule has 0 aromatic heterocycles. The first-order valence-corrected chi connectivity index (χ1v) is 6.08. The highest BCUT2D eigenvalue weighted by molar-refractivity contribution is 4.93. The predicted molar refractivity (Wildman–Crippen MR) is 64.3 cm³/mol. The molecule has 0 saturated carbocycles. The molecule has 5 nitrogen and oxygen atoms in total. The number of nitrogens with two attached hydrogens (primary N) is 1. The minimum atomic E-state index is -1.02. The summed E-state index contributed by atoms with van der Waals surface area (Å²) >= 11 is 0. The predicted octanol–water partition coefficient (Wildman–Crippen LogP) is 0.231.